The molecular formula is C13H16ClN3O2S. The molecule has 0 saturated heterocycles. The van der Waals surface area contributed by atoms with Gasteiger partial charge in [0, 0.05) is 11.6 Å². The third-order valence-electron chi connectivity index (χ3n) is 2.85. The van der Waals surface area contributed by atoms with Crippen molar-refractivity contribution in [2.75, 3.05) is 10.6 Å². The number of hydrogen-bond donors (Lipinski definition) is 2. The summed E-state index contributed by atoms with van der Waals surface area (Å²) < 4.78 is 27.0. The largest absolute Gasteiger partial charge is 0.281 e. The Morgan fingerprint density at radius 2 is 2.20 bits per heavy atom. The van der Waals surface area contributed by atoms with Crippen molar-refractivity contribution in [1.82, 2.24) is 10.2 Å². The van der Waals surface area contributed by atoms with Crippen LogP contribution >= 0.6 is 11.6 Å². The molecule has 0 bridgehead atoms. The number of H-pyrrole nitrogens is 1. The molecule has 0 radical (unpaired) electrons. The van der Waals surface area contributed by atoms with E-state index in [4.69, 9.17) is 11.6 Å². The Labute approximate surface area is 123 Å². The summed E-state index contributed by atoms with van der Waals surface area (Å²) >= 11 is 5.66. The van der Waals surface area contributed by atoms with Crippen LogP contribution in [0.25, 0.3) is 0 Å². The van der Waals surface area contributed by atoms with Crippen LogP contribution in [-0.2, 0) is 16.4 Å². The molecule has 20 heavy (non-hydrogen) atoms. The van der Waals surface area contributed by atoms with Crippen molar-refractivity contribution in [3.05, 3.63) is 41.7 Å². The van der Waals surface area contributed by atoms with Gasteiger partial charge >= 0.3 is 0 Å². The Hall–Kier alpha value is -1.53. The third-order valence-corrected chi connectivity index (χ3v) is 4.61. The van der Waals surface area contributed by atoms with Gasteiger partial charge in [-0.25, -0.2) is 8.42 Å². The number of nitrogens with one attached hydrogen (secondary N) is 2. The molecule has 0 atom stereocenters. The van der Waals surface area contributed by atoms with Gasteiger partial charge in [-0.05, 0) is 37.5 Å². The molecule has 0 saturated carbocycles. The summed E-state index contributed by atoms with van der Waals surface area (Å²) in [4.78, 5) is 0.156. The Balaban J connectivity index is 2.19. The van der Waals surface area contributed by atoms with Crippen LogP contribution in [0, 0.1) is 6.92 Å². The fourth-order valence-corrected chi connectivity index (χ4v) is 3.20. The highest BCUT2D eigenvalue weighted by molar-refractivity contribution is 7.92. The smallest absolute Gasteiger partial charge is 0.265 e. The molecule has 108 valence electrons. The lowest BCUT2D eigenvalue weighted by Gasteiger charge is -2.08. The lowest BCUT2D eigenvalue weighted by molar-refractivity contribution is 0.600. The van der Waals surface area contributed by atoms with Crippen molar-refractivity contribution in [3.8, 4) is 0 Å². The quantitative estimate of drug-likeness (QED) is 0.805. The van der Waals surface area contributed by atoms with E-state index in [9.17, 15) is 8.42 Å². The van der Waals surface area contributed by atoms with Crippen LogP contribution in [0.3, 0.4) is 0 Å². The second kappa shape index (κ2) is 6.28. The minimum Gasteiger partial charge on any atom is -0.281 e. The van der Waals surface area contributed by atoms with Crippen LogP contribution in [0.2, 0.25) is 0 Å². The molecule has 1 heterocycles. The van der Waals surface area contributed by atoms with Crippen molar-refractivity contribution in [1.29, 1.82) is 0 Å². The van der Waals surface area contributed by atoms with E-state index in [1.807, 2.05) is 18.2 Å². The molecule has 5 nitrogen and oxygen atoms in total. The molecule has 7 heteroatoms. The second-order valence-corrected chi connectivity index (χ2v) is 6.49. The van der Waals surface area contributed by atoms with Crippen LogP contribution in [-0.4, -0.2) is 24.5 Å². The van der Waals surface area contributed by atoms with E-state index in [2.05, 4.69) is 14.9 Å². The average Bonchev–Trinajstić information content (AvgIpc) is 2.83. The number of aryl methyl sites for hydroxylation is 2. The van der Waals surface area contributed by atoms with Gasteiger partial charge in [0.2, 0.25) is 0 Å². The Morgan fingerprint density at radius 3 is 2.85 bits per heavy atom. The number of anilines is 1. The summed E-state index contributed by atoms with van der Waals surface area (Å²) in [6.07, 6.45) is 2.98. The Bertz CT molecular complexity index is 682. The van der Waals surface area contributed by atoms with E-state index in [0.29, 0.717) is 17.3 Å². The second-order valence-electron chi connectivity index (χ2n) is 4.46. The highest BCUT2D eigenvalue weighted by atomic mass is 35.5. The van der Waals surface area contributed by atoms with E-state index in [-0.39, 0.29) is 4.90 Å². The fraction of sp³-hybridized carbons (Fsp3) is 0.308. The summed E-state index contributed by atoms with van der Waals surface area (Å²) in [5.41, 5.74) is 2.10. The lowest BCUT2D eigenvalue weighted by Crippen LogP contribution is -2.13. The molecule has 0 aliphatic rings. The number of hydrogen-bond acceptors (Lipinski definition) is 3. The molecule has 0 spiro atoms. The first-order valence-electron chi connectivity index (χ1n) is 6.20. The van der Waals surface area contributed by atoms with Gasteiger partial charge in [0.05, 0.1) is 11.9 Å². The minimum absolute atomic E-state index is 0.156. The van der Waals surface area contributed by atoms with Crippen molar-refractivity contribution in [2.45, 2.75) is 24.7 Å². The zero-order chi connectivity index (χ0) is 14.6. The normalized spacial score (nSPS) is 11.5. The van der Waals surface area contributed by atoms with Crippen LogP contribution in [0.1, 0.15) is 17.7 Å². The first-order chi connectivity index (χ1) is 9.53. The van der Waals surface area contributed by atoms with Crippen LogP contribution < -0.4 is 4.72 Å². The van der Waals surface area contributed by atoms with E-state index >= 15 is 0 Å². The molecule has 0 fully saturated rings. The predicted molar refractivity (Wildman–Crippen MR) is 79.6 cm³/mol. The number of aromatic amines is 1. The van der Waals surface area contributed by atoms with Crippen molar-refractivity contribution in [2.24, 2.45) is 0 Å². The lowest BCUT2D eigenvalue weighted by atomic mass is 10.1. The van der Waals surface area contributed by atoms with Crippen LogP contribution in [0.15, 0.2) is 35.4 Å². The van der Waals surface area contributed by atoms with Gasteiger partial charge in [-0.15, -0.1) is 11.6 Å². The zero-order valence-corrected chi connectivity index (χ0v) is 12.6. The third kappa shape index (κ3) is 3.52. The monoisotopic (exact) mass is 313 g/mol. The number of nitrogens with zero attached hydrogens (tertiary/aromatic N) is 1. The molecule has 1 aromatic heterocycles. The molecule has 0 unspecified atom stereocenters. The molecule has 0 aliphatic carbocycles. The van der Waals surface area contributed by atoms with Gasteiger partial charge in [0.1, 0.15) is 4.90 Å². The van der Waals surface area contributed by atoms with Crippen molar-refractivity contribution >= 4 is 27.3 Å². The number of benzene rings is 1. The van der Waals surface area contributed by atoms with Crippen LogP contribution in [0.5, 0.6) is 0 Å². The minimum atomic E-state index is -3.61. The summed E-state index contributed by atoms with van der Waals surface area (Å²) in [7, 11) is -3.61. The highest BCUT2D eigenvalue weighted by Gasteiger charge is 2.18. The number of sulfonamides is 1. The molecular weight excluding hydrogens is 298 g/mol. The first kappa shape index (κ1) is 14.9. The molecule has 0 amide bonds. The maximum Gasteiger partial charge on any atom is 0.265 e. The SMILES string of the molecule is Cc1[nH]ncc1S(=O)(=O)Nc1cccc(CCCCl)c1. The molecule has 2 rings (SSSR count). The Kier molecular flexibility index (Phi) is 4.67. The van der Waals surface area contributed by atoms with Crippen LogP contribution in [0.4, 0.5) is 5.69 Å². The Morgan fingerprint density at radius 1 is 1.40 bits per heavy atom. The summed E-state index contributed by atoms with van der Waals surface area (Å²) in [6, 6.07) is 7.31. The van der Waals surface area contributed by atoms with Gasteiger partial charge in [0.15, 0.2) is 0 Å². The number of halogens is 1. The van der Waals surface area contributed by atoms with Gasteiger partial charge in [-0.2, -0.15) is 5.10 Å². The standard InChI is InChI=1S/C13H16ClN3O2S/c1-10-13(9-15-16-10)20(18,19)17-12-6-2-4-11(8-12)5-3-7-14/h2,4,6,8-9,17H,3,5,7H2,1H3,(H,15,16). The van der Waals surface area contributed by atoms with Gasteiger partial charge in [-0.3, -0.25) is 9.82 Å². The van der Waals surface area contributed by atoms with E-state index in [1.54, 1.807) is 13.0 Å². The fourth-order valence-electron chi connectivity index (χ4n) is 1.88. The van der Waals surface area contributed by atoms with Crippen molar-refractivity contribution in [3.63, 3.8) is 0 Å². The summed E-state index contributed by atoms with van der Waals surface area (Å²) in [5.74, 6) is 0.587. The zero-order valence-electron chi connectivity index (χ0n) is 11.1. The molecule has 0 aliphatic heterocycles. The number of rotatable bonds is 6. The van der Waals surface area contributed by atoms with E-state index in [0.717, 1.165) is 18.4 Å². The maximum atomic E-state index is 12.2. The summed E-state index contributed by atoms with van der Waals surface area (Å²) in [5, 5.41) is 6.34. The van der Waals surface area contributed by atoms with Gasteiger partial charge in [0.25, 0.3) is 10.0 Å². The molecule has 1 aromatic carbocycles. The highest BCUT2D eigenvalue weighted by Crippen LogP contribution is 2.19. The van der Waals surface area contributed by atoms with E-state index in [1.165, 1.54) is 6.20 Å². The maximum absolute atomic E-state index is 12.2. The average molecular weight is 314 g/mol. The topological polar surface area (TPSA) is 74.8 Å². The first-order valence-corrected chi connectivity index (χ1v) is 8.22. The molecule has 2 aromatic rings. The summed E-state index contributed by atoms with van der Waals surface area (Å²) in [6.45, 7) is 1.67. The van der Waals surface area contributed by atoms with Gasteiger partial charge < -0.3 is 0 Å². The molecule has 2 N–H and O–H groups in total. The van der Waals surface area contributed by atoms with Gasteiger partial charge in [-0.1, -0.05) is 12.1 Å². The van der Waals surface area contributed by atoms with E-state index < -0.39 is 10.0 Å². The number of aromatic nitrogens is 2. The van der Waals surface area contributed by atoms with Crippen molar-refractivity contribution < 1.29 is 8.42 Å². The number of alkyl halides is 1. The predicted octanol–water partition coefficient (Wildman–Crippen LogP) is 2.69.